The van der Waals surface area contributed by atoms with Gasteiger partial charge in [0.05, 0.1) is 25.7 Å². The summed E-state index contributed by atoms with van der Waals surface area (Å²) in [4.78, 5) is 26.4. The molecule has 2 aliphatic carbocycles. The molecule has 5 aliphatic rings. The van der Waals surface area contributed by atoms with E-state index in [0.717, 1.165) is 0 Å². The molecule has 250 valence electrons. The highest BCUT2D eigenvalue weighted by atomic mass is 16.8. The van der Waals surface area contributed by atoms with Crippen molar-refractivity contribution < 1.29 is 73.4 Å². The summed E-state index contributed by atoms with van der Waals surface area (Å²) in [5, 5.41) is 65.0. The zero-order valence-corrected chi connectivity index (χ0v) is 25.4. The van der Waals surface area contributed by atoms with Gasteiger partial charge in [0.15, 0.2) is 24.5 Å². The predicted molar refractivity (Wildman–Crippen MR) is 144 cm³/mol. The van der Waals surface area contributed by atoms with Gasteiger partial charge in [0.2, 0.25) is 0 Å². The van der Waals surface area contributed by atoms with Gasteiger partial charge < -0.3 is 63.8 Å². The number of carbonyl (C=O) groups excluding carboxylic acids is 2. The van der Waals surface area contributed by atoms with Crippen molar-refractivity contribution in [3.05, 3.63) is 11.6 Å². The molecule has 15 nitrogen and oxygen atoms in total. The standard InChI is InChI=1S/C29H44O15/c1-27(13-9-16(42-23(13)36)28(2)12(22(35)38-3)7-6-8-15(27)28)10-17(29(37)21(34)25(39-4)44-26(29)40-5)43-24-20(33)19(32)18(31)14(11-30)41-24/h7,13-21,24-26,30-34,37H,6,8-11H2,1-5H3/t13-,14-,15+,16?,17?,18-,19+,20-,21?,24+,25?,26?,27-,28-,29-/m1/s1. The Morgan fingerprint density at radius 3 is 2.36 bits per heavy atom. The Labute approximate surface area is 254 Å². The summed E-state index contributed by atoms with van der Waals surface area (Å²) >= 11 is 0. The lowest BCUT2D eigenvalue weighted by atomic mass is 9.46. The third kappa shape index (κ3) is 4.83. The number of aliphatic hydroxyl groups excluding tert-OH is 5. The van der Waals surface area contributed by atoms with Crippen LogP contribution in [0.4, 0.5) is 0 Å². The summed E-state index contributed by atoms with van der Waals surface area (Å²) < 4.78 is 39.1. The van der Waals surface area contributed by atoms with Crippen LogP contribution in [0.3, 0.4) is 0 Å². The highest BCUT2D eigenvalue weighted by molar-refractivity contribution is 5.91. The third-order valence-corrected chi connectivity index (χ3v) is 10.9. The van der Waals surface area contributed by atoms with E-state index in [4.69, 9.17) is 33.2 Å². The average Bonchev–Trinajstić information content (AvgIpc) is 3.52. The van der Waals surface area contributed by atoms with Crippen LogP contribution in [0, 0.1) is 22.7 Å². The largest absolute Gasteiger partial charge is 0.466 e. The van der Waals surface area contributed by atoms with Crippen LogP contribution in [0.25, 0.3) is 0 Å². The summed E-state index contributed by atoms with van der Waals surface area (Å²) in [5.41, 5.74) is -4.06. The molecule has 3 aliphatic heterocycles. The fourth-order valence-corrected chi connectivity index (χ4v) is 8.44. The van der Waals surface area contributed by atoms with Crippen LogP contribution < -0.4 is 0 Å². The van der Waals surface area contributed by atoms with Gasteiger partial charge in [-0.25, -0.2) is 4.79 Å². The Morgan fingerprint density at radius 2 is 1.75 bits per heavy atom. The van der Waals surface area contributed by atoms with Crippen LogP contribution in [0.5, 0.6) is 0 Å². The SMILES string of the molecule is COC(=O)C1=CCC[C@H]2[C@](C)(CC(O[C@@H]3O[C@H](CO)[C@@H](O)[C@H](O)[C@H]3O)[C@]3(O)C(OC)OC(OC)C3O)[C@@H]3CC(OC3=O)[C@]12C. The minimum absolute atomic E-state index is 0.184. The van der Waals surface area contributed by atoms with E-state index in [1.807, 2.05) is 13.8 Å². The second-order valence-corrected chi connectivity index (χ2v) is 12.9. The zero-order valence-electron chi connectivity index (χ0n) is 25.4. The highest BCUT2D eigenvalue weighted by Crippen LogP contribution is 2.66. The van der Waals surface area contributed by atoms with Crippen LogP contribution in [0.2, 0.25) is 0 Å². The van der Waals surface area contributed by atoms with Crippen LogP contribution >= 0.6 is 0 Å². The van der Waals surface area contributed by atoms with E-state index in [1.54, 1.807) is 6.08 Å². The van der Waals surface area contributed by atoms with Crippen molar-refractivity contribution in [2.45, 2.75) is 107 Å². The number of hydrogen-bond donors (Lipinski definition) is 6. The number of allylic oxidation sites excluding steroid dienone is 1. The predicted octanol–water partition coefficient (Wildman–Crippen LogP) is -1.90. The van der Waals surface area contributed by atoms with E-state index < -0.39 is 108 Å². The Morgan fingerprint density at radius 1 is 1.05 bits per heavy atom. The van der Waals surface area contributed by atoms with Crippen molar-refractivity contribution in [1.82, 2.24) is 0 Å². The van der Waals surface area contributed by atoms with Crippen LogP contribution in [-0.4, -0.2) is 138 Å². The van der Waals surface area contributed by atoms with Gasteiger partial charge in [0.1, 0.15) is 36.6 Å². The first kappa shape index (κ1) is 33.6. The van der Waals surface area contributed by atoms with Gasteiger partial charge in [-0.15, -0.1) is 0 Å². The van der Waals surface area contributed by atoms with Crippen molar-refractivity contribution in [1.29, 1.82) is 0 Å². The molecule has 0 aromatic heterocycles. The summed E-state index contributed by atoms with van der Waals surface area (Å²) in [5.74, 6) is -2.13. The van der Waals surface area contributed by atoms with Crippen molar-refractivity contribution in [2.24, 2.45) is 22.7 Å². The molecular weight excluding hydrogens is 588 g/mol. The lowest BCUT2D eigenvalue weighted by molar-refractivity contribution is -0.340. The van der Waals surface area contributed by atoms with Gasteiger partial charge in [-0.3, -0.25) is 4.79 Å². The maximum atomic E-state index is 13.4. The topological polar surface area (TPSA) is 220 Å². The molecule has 44 heavy (non-hydrogen) atoms. The van der Waals surface area contributed by atoms with Gasteiger partial charge in [0, 0.05) is 25.2 Å². The van der Waals surface area contributed by atoms with E-state index in [0.29, 0.717) is 18.4 Å². The molecule has 1 saturated carbocycles. The molecule has 6 N–H and O–H groups in total. The third-order valence-electron chi connectivity index (χ3n) is 10.9. The van der Waals surface area contributed by atoms with E-state index in [-0.39, 0.29) is 12.8 Å². The number of rotatable bonds is 9. The maximum absolute atomic E-state index is 13.4. The Balaban J connectivity index is 1.60. The first-order valence-corrected chi connectivity index (χ1v) is 14.8. The second kappa shape index (κ2) is 12.1. The minimum atomic E-state index is -2.40. The first-order chi connectivity index (χ1) is 20.7. The Bertz CT molecular complexity index is 1130. The lowest BCUT2D eigenvalue weighted by Crippen LogP contribution is -2.65. The average molecular weight is 633 g/mol. The molecule has 3 saturated heterocycles. The molecule has 15 heteroatoms. The molecule has 0 amide bonds. The smallest absolute Gasteiger partial charge is 0.334 e. The number of methoxy groups -OCH3 is 3. The molecule has 15 atom stereocenters. The first-order valence-electron chi connectivity index (χ1n) is 14.8. The summed E-state index contributed by atoms with van der Waals surface area (Å²) in [6.07, 6.45) is -12.3. The molecule has 0 aromatic rings. The fourth-order valence-electron chi connectivity index (χ4n) is 8.44. The van der Waals surface area contributed by atoms with Crippen molar-refractivity contribution in [2.75, 3.05) is 27.9 Å². The van der Waals surface area contributed by atoms with E-state index in [1.165, 1.54) is 21.3 Å². The number of ether oxygens (including phenoxy) is 7. The van der Waals surface area contributed by atoms with Gasteiger partial charge in [-0.2, -0.15) is 0 Å². The lowest BCUT2D eigenvalue weighted by Gasteiger charge is -2.57. The monoisotopic (exact) mass is 632 g/mol. The molecule has 0 radical (unpaired) electrons. The molecule has 0 aromatic carbocycles. The summed E-state index contributed by atoms with van der Waals surface area (Å²) in [7, 11) is 3.77. The zero-order chi connectivity index (χ0) is 32.4. The molecule has 5 unspecified atom stereocenters. The fraction of sp³-hybridized carbons (Fsp3) is 0.862. The van der Waals surface area contributed by atoms with Gasteiger partial charge in [-0.05, 0) is 37.0 Å². The number of aliphatic hydroxyl groups is 6. The summed E-state index contributed by atoms with van der Waals surface area (Å²) in [6.45, 7) is 2.95. The molecule has 4 fully saturated rings. The molecule has 0 spiro atoms. The van der Waals surface area contributed by atoms with Crippen molar-refractivity contribution in [3.8, 4) is 0 Å². The van der Waals surface area contributed by atoms with Crippen LogP contribution in [0.1, 0.15) is 39.5 Å². The molecular formula is C29H44O15. The van der Waals surface area contributed by atoms with Crippen LogP contribution in [-0.2, 0) is 42.7 Å². The maximum Gasteiger partial charge on any atom is 0.334 e. The molecule has 3 heterocycles. The number of hydrogen-bond acceptors (Lipinski definition) is 15. The highest BCUT2D eigenvalue weighted by Gasteiger charge is 2.70. The quantitative estimate of drug-likeness (QED) is 0.153. The van der Waals surface area contributed by atoms with Crippen molar-refractivity contribution >= 4 is 11.9 Å². The van der Waals surface area contributed by atoms with E-state index in [2.05, 4.69) is 0 Å². The van der Waals surface area contributed by atoms with Gasteiger partial charge in [0.25, 0.3) is 0 Å². The second-order valence-electron chi connectivity index (χ2n) is 12.9. The number of fused-ring (bicyclic) bond motifs is 4. The Hall–Kier alpha value is -1.76. The minimum Gasteiger partial charge on any atom is -0.466 e. The molecule has 5 rings (SSSR count). The van der Waals surface area contributed by atoms with Gasteiger partial charge in [-0.1, -0.05) is 19.9 Å². The van der Waals surface area contributed by atoms with Gasteiger partial charge >= 0.3 is 11.9 Å². The normalized spacial score (nSPS) is 49.2. The number of esters is 2. The van der Waals surface area contributed by atoms with E-state index >= 15 is 0 Å². The van der Waals surface area contributed by atoms with Crippen molar-refractivity contribution in [3.63, 3.8) is 0 Å². The number of carbonyl (C=O) groups is 2. The summed E-state index contributed by atoms with van der Waals surface area (Å²) in [6, 6.07) is 0. The Kier molecular flexibility index (Phi) is 9.25. The van der Waals surface area contributed by atoms with E-state index in [9.17, 15) is 40.2 Å². The van der Waals surface area contributed by atoms with Crippen LogP contribution in [0.15, 0.2) is 11.6 Å². The molecule has 2 bridgehead atoms.